The van der Waals surface area contributed by atoms with Crippen LogP contribution in [0.5, 0.6) is 5.75 Å². The van der Waals surface area contributed by atoms with Crippen molar-refractivity contribution in [2.24, 2.45) is 5.92 Å². The number of nitrogens with zero attached hydrogens (tertiary/aromatic N) is 2. The van der Waals surface area contributed by atoms with Gasteiger partial charge in [0.05, 0.1) is 15.7 Å². The number of piperidine rings is 1. The van der Waals surface area contributed by atoms with Gasteiger partial charge < -0.3 is 24.2 Å². The second-order valence-electron chi connectivity index (χ2n) is 10.7. The Hall–Kier alpha value is -2.48. The number of carbonyl (C=O) groups is 1. The van der Waals surface area contributed by atoms with Crippen LogP contribution in [0.15, 0.2) is 34.9 Å². The number of benzene rings is 2. The Labute approximate surface area is 235 Å². The number of likely N-dealkylation sites (tertiary alicyclic amines) is 1. The van der Waals surface area contributed by atoms with E-state index in [1.54, 1.807) is 6.07 Å². The molecule has 0 spiro atoms. The predicted molar refractivity (Wildman–Crippen MR) is 153 cm³/mol. The van der Waals surface area contributed by atoms with Crippen LogP contribution < -0.4 is 10.1 Å². The van der Waals surface area contributed by atoms with Gasteiger partial charge in [0.15, 0.2) is 5.58 Å². The van der Waals surface area contributed by atoms with E-state index in [0.717, 1.165) is 72.3 Å². The number of amides is 1. The summed E-state index contributed by atoms with van der Waals surface area (Å²) in [5, 5.41) is 9.16. The van der Waals surface area contributed by atoms with E-state index in [9.17, 15) is 4.79 Å². The molecule has 0 saturated carbocycles. The highest BCUT2D eigenvalue weighted by molar-refractivity contribution is 6.42. The lowest BCUT2D eigenvalue weighted by Gasteiger charge is -2.33. The summed E-state index contributed by atoms with van der Waals surface area (Å²) < 4.78 is 17.2. The predicted octanol–water partition coefficient (Wildman–Crippen LogP) is 7.44. The van der Waals surface area contributed by atoms with Gasteiger partial charge >= 0.3 is 6.09 Å². The number of nitrogens with one attached hydrogen (secondary N) is 1. The molecule has 7 nitrogen and oxygen atoms in total. The van der Waals surface area contributed by atoms with Crippen molar-refractivity contribution in [2.45, 2.75) is 65.6 Å². The summed E-state index contributed by atoms with van der Waals surface area (Å²) in [6.45, 7) is 9.51. The fourth-order valence-corrected chi connectivity index (χ4v) is 4.69. The third-order valence-electron chi connectivity index (χ3n) is 6.35. The zero-order valence-corrected chi connectivity index (χ0v) is 24.7. The molecule has 1 aromatic heterocycles. The number of aromatic nitrogens is 1. The van der Waals surface area contributed by atoms with Crippen LogP contribution in [0.4, 0.5) is 4.79 Å². The van der Waals surface area contributed by atoms with Crippen molar-refractivity contribution in [3.63, 3.8) is 0 Å². The standard InChI is InChI=1S/C27H32Cl2N2O4.C2H7N/c1-17-24(33-16-19-5-8-21(28)22(29)15-19)10-7-20-23(30-35-25(17)20)9-6-18-11-13-31(14-12-18)26(32)34-27(2,3)4;1-3-2/h5,7-8,10,15,18H,6,9,11-14,16H2,1-4H3;3H,1-2H3. The summed E-state index contributed by atoms with van der Waals surface area (Å²) in [6.07, 6.45) is 3.58. The molecule has 1 fully saturated rings. The normalized spacial score (nSPS) is 14.3. The Bertz CT molecular complexity index is 1210. The van der Waals surface area contributed by atoms with Gasteiger partial charge in [-0.3, -0.25) is 0 Å². The molecule has 38 heavy (non-hydrogen) atoms. The van der Waals surface area contributed by atoms with Crippen LogP contribution >= 0.6 is 23.2 Å². The lowest BCUT2D eigenvalue weighted by Crippen LogP contribution is -2.41. The molecule has 9 heteroatoms. The minimum Gasteiger partial charge on any atom is -0.488 e. The number of fused-ring (bicyclic) bond motifs is 1. The number of rotatable bonds is 6. The molecule has 1 saturated heterocycles. The Morgan fingerprint density at radius 1 is 1.13 bits per heavy atom. The molecular formula is C29H39Cl2N3O4. The van der Waals surface area contributed by atoms with Crippen LogP contribution in [0.2, 0.25) is 10.0 Å². The van der Waals surface area contributed by atoms with Gasteiger partial charge in [-0.15, -0.1) is 0 Å². The number of ether oxygens (including phenoxy) is 2. The summed E-state index contributed by atoms with van der Waals surface area (Å²) >= 11 is 12.1. The monoisotopic (exact) mass is 563 g/mol. The van der Waals surface area contributed by atoms with E-state index in [-0.39, 0.29) is 6.09 Å². The van der Waals surface area contributed by atoms with Gasteiger partial charge in [0, 0.05) is 24.0 Å². The molecule has 0 radical (unpaired) electrons. The highest BCUT2D eigenvalue weighted by Crippen LogP contribution is 2.32. The Kier molecular flexibility index (Phi) is 10.7. The van der Waals surface area contributed by atoms with E-state index in [2.05, 4.69) is 10.5 Å². The van der Waals surface area contributed by atoms with Crippen LogP contribution in [0.3, 0.4) is 0 Å². The first-order valence-corrected chi connectivity index (χ1v) is 13.8. The summed E-state index contributed by atoms with van der Waals surface area (Å²) in [6, 6.07) is 9.45. The molecule has 3 aromatic rings. The zero-order valence-electron chi connectivity index (χ0n) is 23.2. The van der Waals surface area contributed by atoms with E-state index >= 15 is 0 Å². The SMILES string of the molecule is CNC.Cc1c(OCc2ccc(Cl)c(Cl)c2)ccc2c(CCC3CCN(C(=O)OC(C)(C)C)CC3)noc12. The second kappa shape index (κ2) is 13.5. The molecule has 2 heterocycles. The average Bonchev–Trinajstić information content (AvgIpc) is 3.28. The van der Waals surface area contributed by atoms with Crippen LogP contribution in [0.25, 0.3) is 11.0 Å². The van der Waals surface area contributed by atoms with Crippen LogP contribution in [0, 0.1) is 12.8 Å². The van der Waals surface area contributed by atoms with E-state index in [1.807, 2.05) is 71.0 Å². The molecular weight excluding hydrogens is 525 g/mol. The summed E-state index contributed by atoms with van der Waals surface area (Å²) in [7, 11) is 3.75. The Morgan fingerprint density at radius 2 is 1.82 bits per heavy atom. The fraction of sp³-hybridized carbons (Fsp3) is 0.517. The number of hydrogen-bond donors (Lipinski definition) is 1. The van der Waals surface area contributed by atoms with Gasteiger partial charge in [-0.1, -0.05) is 34.4 Å². The zero-order chi connectivity index (χ0) is 27.9. The molecule has 1 amide bonds. The smallest absolute Gasteiger partial charge is 0.410 e. The minimum absolute atomic E-state index is 0.217. The van der Waals surface area contributed by atoms with E-state index < -0.39 is 5.60 Å². The van der Waals surface area contributed by atoms with Gasteiger partial charge in [-0.05, 0) is 103 Å². The van der Waals surface area contributed by atoms with Crippen molar-refractivity contribution in [3.8, 4) is 5.75 Å². The van der Waals surface area contributed by atoms with Crippen LogP contribution in [-0.2, 0) is 17.8 Å². The third-order valence-corrected chi connectivity index (χ3v) is 7.09. The Morgan fingerprint density at radius 3 is 2.45 bits per heavy atom. The molecule has 1 aliphatic rings. The van der Waals surface area contributed by atoms with Crippen molar-refractivity contribution in [1.29, 1.82) is 0 Å². The van der Waals surface area contributed by atoms with Gasteiger partial charge in [-0.2, -0.15) is 0 Å². The van der Waals surface area contributed by atoms with Crippen molar-refractivity contribution < 1.29 is 18.8 Å². The van der Waals surface area contributed by atoms with Crippen molar-refractivity contribution in [1.82, 2.24) is 15.4 Å². The van der Waals surface area contributed by atoms with Crippen LogP contribution in [-0.4, -0.2) is 48.9 Å². The molecule has 4 rings (SSSR count). The summed E-state index contributed by atoms with van der Waals surface area (Å²) in [4.78, 5) is 14.1. The van der Waals surface area contributed by atoms with Gasteiger partial charge in [-0.25, -0.2) is 4.79 Å². The van der Waals surface area contributed by atoms with Crippen LogP contribution in [0.1, 0.15) is 56.9 Å². The van der Waals surface area contributed by atoms with Gasteiger partial charge in [0.25, 0.3) is 0 Å². The number of hydrogen-bond acceptors (Lipinski definition) is 6. The number of carbonyl (C=O) groups excluding carboxylic acids is 1. The highest BCUT2D eigenvalue weighted by Gasteiger charge is 2.27. The first-order chi connectivity index (χ1) is 18.0. The molecule has 1 aliphatic heterocycles. The maximum atomic E-state index is 12.3. The van der Waals surface area contributed by atoms with E-state index in [1.165, 1.54) is 0 Å². The average molecular weight is 565 g/mol. The van der Waals surface area contributed by atoms with Crippen molar-refractivity contribution in [2.75, 3.05) is 27.2 Å². The fourth-order valence-electron chi connectivity index (χ4n) is 4.37. The van der Waals surface area contributed by atoms with E-state index in [0.29, 0.717) is 22.6 Å². The summed E-state index contributed by atoms with van der Waals surface area (Å²) in [5.41, 5.74) is 3.12. The molecule has 0 aliphatic carbocycles. The highest BCUT2D eigenvalue weighted by atomic mass is 35.5. The lowest BCUT2D eigenvalue weighted by atomic mass is 9.91. The van der Waals surface area contributed by atoms with Gasteiger partial charge in [0.1, 0.15) is 18.0 Å². The maximum absolute atomic E-state index is 12.3. The molecule has 208 valence electrons. The third kappa shape index (κ3) is 8.26. The molecule has 0 unspecified atom stereocenters. The maximum Gasteiger partial charge on any atom is 0.410 e. The number of halogens is 2. The molecule has 0 atom stereocenters. The largest absolute Gasteiger partial charge is 0.488 e. The topological polar surface area (TPSA) is 76.8 Å². The van der Waals surface area contributed by atoms with Gasteiger partial charge in [0.2, 0.25) is 0 Å². The van der Waals surface area contributed by atoms with E-state index in [4.69, 9.17) is 37.2 Å². The molecule has 2 aromatic carbocycles. The molecule has 1 N–H and O–H groups in total. The lowest BCUT2D eigenvalue weighted by molar-refractivity contribution is 0.0181. The minimum atomic E-state index is -0.464. The molecule has 0 bridgehead atoms. The summed E-state index contributed by atoms with van der Waals surface area (Å²) in [5.74, 6) is 1.30. The first kappa shape index (κ1) is 30.1. The first-order valence-electron chi connectivity index (χ1n) is 13.0. The Balaban J connectivity index is 0.00000127. The quantitative estimate of drug-likeness (QED) is 0.335. The second-order valence-corrected chi connectivity index (χ2v) is 11.5. The number of aryl methyl sites for hydroxylation is 2. The van der Waals surface area contributed by atoms with Crippen molar-refractivity contribution >= 4 is 40.3 Å². The van der Waals surface area contributed by atoms with Crippen molar-refractivity contribution in [3.05, 3.63) is 57.2 Å².